The lowest BCUT2D eigenvalue weighted by molar-refractivity contribution is 2.50. The Balaban J connectivity index is -0.0000000176. The van der Waals surface area contributed by atoms with Gasteiger partial charge < -0.3 is 0 Å². The molecule has 0 aliphatic rings. The molecule has 4 atom stereocenters. The molecule has 14 heavy (non-hydrogen) atoms. The molecule has 12 heteroatoms. The summed E-state index contributed by atoms with van der Waals surface area (Å²) in [4.78, 5) is 0. The van der Waals surface area contributed by atoms with Gasteiger partial charge in [-0.2, -0.15) is 0 Å². The van der Waals surface area contributed by atoms with Crippen LogP contribution in [0.2, 0.25) is 0 Å². The van der Waals surface area contributed by atoms with Gasteiger partial charge in [-0.25, -0.2) is 0 Å². The van der Waals surface area contributed by atoms with Crippen LogP contribution < -0.4 is 0 Å². The van der Waals surface area contributed by atoms with Gasteiger partial charge >= 0.3 is 0 Å². The van der Waals surface area contributed by atoms with Gasteiger partial charge in [-0.1, -0.05) is 188 Å². The molecule has 0 spiro atoms. The zero-order chi connectivity index (χ0) is 18.0. The van der Waals surface area contributed by atoms with Crippen molar-refractivity contribution in [1.82, 2.24) is 0 Å². The van der Waals surface area contributed by atoms with Crippen LogP contribution in [-0.2, 0) is 0 Å². The molecule has 0 heterocycles. The quantitative estimate of drug-likeness (QED) is 0.169. The maximum Gasteiger partial charge on any atom is 0.0656 e. The zero-order valence-corrected chi connectivity index (χ0v) is 23.9. The number of halogens is 6. The molecule has 0 nitrogen and oxygen atoms in total. The van der Waals surface area contributed by atoms with Gasteiger partial charge in [0.25, 0.3) is 0 Å². The summed E-state index contributed by atoms with van der Waals surface area (Å²) in [5.41, 5.74) is 0. The third-order valence-corrected chi connectivity index (χ3v) is 0. The fraction of sp³-hybridized carbons (Fsp3) is 1.00. The molecular weight excluding hydrogens is 971 g/mol. The summed E-state index contributed by atoms with van der Waals surface area (Å²) < 4.78 is 50.1. The van der Waals surface area contributed by atoms with Gasteiger partial charge in [0.05, 0.1) is 10.2 Å². The molecule has 0 rings (SSSR count). The van der Waals surface area contributed by atoms with Crippen molar-refractivity contribution in [3.05, 3.63) is 0 Å². The van der Waals surface area contributed by atoms with Gasteiger partial charge in [0.1, 0.15) is 0 Å². The maximum atomic E-state index is 6.30. The topological polar surface area (TPSA) is 0 Å². The van der Waals surface area contributed by atoms with Gasteiger partial charge in [-0.3, -0.25) is 0 Å². The van der Waals surface area contributed by atoms with E-state index in [1.54, 1.807) is 44.1 Å². The van der Waals surface area contributed by atoms with Crippen molar-refractivity contribution in [1.29, 1.82) is 10.2 Å². The van der Waals surface area contributed by atoms with E-state index < -0.39 is 13.5 Å². The molecule has 4 unspecified atom stereocenters. The van der Waals surface area contributed by atoms with Crippen molar-refractivity contribution < 1.29 is 0 Å². The zero-order valence-electron chi connectivity index (χ0n) is 13.2. The molecule has 0 saturated carbocycles. The van der Waals surface area contributed by atoms with E-state index in [4.69, 9.17) is 10.2 Å². The van der Waals surface area contributed by atoms with Gasteiger partial charge in [-0.15, -0.1) is 0 Å². The number of hydrogen-bond acceptors (Lipinski definition) is 0. The summed E-state index contributed by atoms with van der Waals surface area (Å²) in [5.74, 6) is 0. The van der Waals surface area contributed by atoms with E-state index >= 15 is 0 Å². The summed E-state index contributed by atoms with van der Waals surface area (Å²) in [5, 5.41) is 0. The first-order chi connectivity index (χ1) is 9.12. The van der Waals surface area contributed by atoms with Crippen molar-refractivity contribution in [2.45, 2.75) is 14.9 Å². The normalized spacial score (nSPS) is 14.3. The van der Waals surface area contributed by atoms with Crippen LogP contribution in [0, 0.1) is 0 Å². The average molecular weight is 999 g/mol. The highest BCUT2D eigenvalue weighted by molar-refractivity contribution is 14.2. The Kier molecular flexibility index (Phi) is 201. The third kappa shape index (κ3) is 126. The second-order valence-corrected chi connectivity index (χ2v) is 0. The van der Waals surface area contributed by atoms with E-state index in [1.165, 1.54) is 0 Å². The second-order valence-electron chi connectivity index (χ2n) is 0. The molecule has 0 amide bonds. The van der Waals surface area contributed by atoms with E-state index in [0.29, 0.717) is 27.3 Å². The number of hydrogen-bond donors (Lipinski definition) is 0. The van der Waals surface area contributed by atoms with E-state index in [9.17, 15) is 0 Å². The van der Waals surface area contributed by atoms with Crippen LogP contribution in [-0.4, -0.2) is 10.2 Å². The second kappa shape index (κ2) is 148. The van der Waals surface area contributed by atoms with E-state index in [0.717, 1.165) is 0 Å². The predicted molar refractivity (Wildman–Crippen MR) is 156 cm³/mol. The molecule has 0 aromatic rings. The minimum atomic E-state index is -1.15. The molecule has 100 valence electrons. The van der Waals surface area contributed by atoms with E-state index in [-0.39, 0.29) is 14.9 Å². The predicted octanol–water partition coefficient (Wildman–Crippen LogP) is 8.54. The molecule has 0 aliphatic heterocycles. The molecular formula is C2H20I6P6. The minimum Gasteiger partial charge on any atom is -0.0776 e. The molecule has 0 radical (unpaired) electrons. The van der Waals surface area contributed by atoms with Gasteiger partial charge in [0.15, 0.2) is 0 Å². The highest BCUT2D eigenvalue weighted by atomic mass is 127. The molecule has 0 aromatic heterocycles. The minimum absolute atomic E-state index is 0. The molecule has 0 saturated heterocycles. The SMILES string of the molecule is C.C.[2H]P([2H])I.[2H]P([2H])I.[2H]PI.[2H]PI.[2H]PI.[2H]PI. The summed E-state index contributed by atoms with van der Waals surface area (Å²) >= 11 is 11.4. The Morgan fingerprint density at radius 1 is 0.571 bits per heavy atom. The van der Waals surface area contributed by atoms with E-state index in [1.807, 2.05) is 88.2 Å². The molecule has 0 fully saturated rings. The fourth-order valence-corrected chi connectivity index (χ4v) is 0. The van der Waals surface area contributed by atoms with Crippen molar-refractivity contribution in [2.75, 3.05) is 0 Å². The summed E-state index contributed by atoms with van der Waals surface area (Å²) in [7, 11) is 0. The molecule has 0 aromatic carbocycles. The summed E-state index contributed by atoms with van der Waals surface area (Å²) in [6.07, 6.45) is 0. The van der Waals surface area contributed by atoms with Crippen LogP contribution in [0.4, 0.5) is 0 Å². The highest BCUT2D eigenvalue weighted by Crippen LogP contribution is 1.88. The first-order valence-electron chi connectivity index (χ1n) is 4.88. The lowest BCUT2D eigenvalue weighted by Gasteiger charge is -1.07. The van der Waals surface area contributed by atoms with Crippen molar-refractivity contribution in [3.8, 4) is 0 Å². The lowest BCUT2D eigenvalue weighted by atomic mass is 12.0. The van der Waals surface area contributed by atoms with Crippen molar-refractivity contribution in [3.63, 3.8) is 0 Å². The van der Waals surface area contributed by atoms with Gasteiger partial charge in [-0.05, 0) is 0 Å². The standard InChI is InChI=1S/2CH4.6H2IP/c;;6*1-2/h2*1H4;6*2H2/i;;2*2D2;4*2D. The Morgan fingerprint density at radius 2 is 0.571 bits per heavy atom. The lowest BCUT2D eigenvalue weighted by Crippen LogP contribution is -0.127. The maximum absolute atomic E-state index is 6.30. The van der Waals surface area contributed by atoms with Crippen LogP contribution in [0.1, 0.15) is 14.9 Å². The van der Waals surface area contributed by atoms with Gasteiger partial charge in [0, 0.05) is 0 Å². The summed E-state index contributed by atoms with van der Waals surface area (Å²) in [6.45, 7) is -1.09. The Hall–Kier alpha value is 6.96. The molecule has 0 aliphatic carbocycles. The smallest absolute Gasteiger partial charge is 0.0656 e. The first-order valence-corrected chi connectivity index (χ1v) is 22.0. The highest BCUT2D eigenvalue weighted by Gasteiger charge is 0.944. The Bertz CT molecular complexity index is 84.0. The largest absolute Gasteiger partial charge is 0.0776 e. The van der Waals surface area contributed by atoms with Crippen LogP contribution in [0.25, 0.3) is 0 Å². The molecule has 0 bridgehead atoms. The van der Waals surface area contributed by atoms with Crippen LogP contribution in [0.3, 0.4) is 0 Å². The van der Waals surface area contributed by atoms with Crippen LogP contribution in [0.15, 0.2) is 0 Å². The first kappa shape index (κ1) is 19.0. The summed E-state index contributed by atoms with van der Waals surface area (Å²) in [6, 6.07) is 0. The monoisotopic (exact) mass is 999 g/mol. The van der Waals surface area contributed by atoms with Crippen LogP contribution in [0.5, 0.6) is 0 Å². The van der Waals surface area contributed by atoms with Gasteiger partial charge in [0.2, 0.25) is 0 Å². The Labute approximate surface area is 194 Å². The van der Waals surface area contributed by atoms with Crippen molar-refractivity contribution >= 4 is 173 Å². The average Bonchev–Trinajstić information content (AvgIpc) is 2.18. The fourth-order valence-electron chi connectivity index (χ4n) is 0. The number of rotatable bonds is 0. The Morgan fingerprint density at radius 3 is 0.571 bits per heavy atom. The third-order valence-electron chi connectivity index (χ3n) is 0. The van der Waals surface area contributed by atoms with Crippen LogP contribution >= 0.6 is 173 Å². The molecule has 0 N–H and O–H groups in total. The van der Waals surface area contributed by atoms with E-state index in [2.05, 4.69) is 0 Å². The van der Waals surface area contributed by atoms with Crippen molar-refractivity contribution in [2.24, 2.45) is 0 Å².